The van der Waals surface area contributed by atoms with Crippen molar-refractivity contribution >= 4 is 27.3 Å². The maximum Gasteiger partial charge on any atom is 0.255 e. The van der Waals surface area contributed by atoms with E-state index in [2.05, 4.69) is 10.2 Å². The zero-order valence-electron chi connectivity index (χ0n) is 15.0. The fourth-order valence-electron chi connectivity index (χ4n) is 3.13. The molecule has 0 aromatic heterocycles. The van der Waals surface area contributed by atoms with Crippen LogP contribution in [0.25, 0.3) is 0 Å². The molecular formula is C19H23N3O3S. The van der Waals surface area contributed by atoms with E-state index in [4.69, 9.17) is 0 Å². The summed E-state index contributed by atoms with van der Waals surface area (Å²) in [5, 5.41) is 2.99. The lowest BCUT2D eigenvalue weighted by Crippen LogP contribution is -2.48. The van der Waals surface area contributed by atoms with Crippen molar-refractivity contribution in [2.75, 3.05) is 42.7 Å². The van der Waals surface area contributed by atoms with Gasteiger partial charge in [-0.1, -0.05) is 30.3 Å². The third-order valence-corrected chi connectivity index (χ3v) is 5.89. The van der Waals surface area contributed by atoms with Gasteiger partial charge in [-0.05, 0) is 30.7 Å². The summed E-state index contributed by atoms with van der Waals surface area (Å²) in [4.78, 5) is 14.7. The maximum atomic E-state index is 12.6. The van der Waals surface area contributed by atoms with Crippen molar-refractivity contribution < 1.29 is 13.2 Å². The number of sulfonamides is 1. The van der Waals surface area contributed by atoms with Crippen LogP contribution in [0.5, 0.6) is 0 Å². The van der Waals surface area contributed by atoms with Gasteiger partial charge in [0.1, 0.15) is 0 Å². The molecule has 2 aromatic carbocycles. The fraction of sp³-hybridized carbons (Fsp3) is 0.316. The van der Waals surface area contributed by atoms with Crippen molar-refractivity contribution in [2.45, 2.75) is 6.92 Å². The smallest absolute Gasteiger partial charge is 0.255 e. The van der Waals surface area contributed by atoms with Gasteiger partial charge in [-0.2, -0.15) is 4.31 Å². The molecule has 0 saturated carbocycles. The second kappa shape index (κ2) is 7.47. The van der Waals surface area contributed by atoms with Crippen LogP contribution in [-0.4, -0.2) is 51.1 Å². The van der Waals surface area contributed by atoms with E-state index in [0.717, 1.165) is 16.9 Å². The summed E-state index contributed by atoms with van der Waals surface area (Å²) >= 11 is 0. The Morgan fingerprint density at radius 2 is 1.58 bits per heavy atom. The van der Waals surface area contributed by atoms with E-state index in [1.54, 1.807) is 6.07 Å². The Morgan fingerprint density at radius 3 is 2.23 bits per heavy atom. The van der Waals surface area contributed by atoms with Crippen LogP contribution < -0.4 is 10.2 Å². The van der Waals surface area contributed by atoms with Crippen molar-refractivity contribution in [1.29, 1.82) is 0 Å². The van der Waals surface area contributed by atoms with Crippen LogP contribution >= 0.6 is 0 Å². The topological polar surface area (TPSA) is 69.7 Å². The number of piperazine rings is 1. The number of benzene rings is 2. The van der Waals surface area contributed by atoms with Crippen molar-refractivity contribution in [3.63, 3.8) is 0 Å². The van der Waals surface area contributed by atoms with Crippen LogP contribution in [0.1, 0.15) is 15.9 Å². The fourth-order valence-corrected chi connectivity index (χ4v) is 3.96. The summed E-state index contributed by atoms with van der Waals surface area (Å²) in [6.07, 6.45) is 1.24. The van der Waals surface area contributed by atoms with Gasteiger partial charge in [0.15, 0.2) is 0 Å². The zero-order valence-corrected chi connectivity index (χ0v) is 15.8. The Morgan fingerprint density at radius 1 is 0.962 bits per heavy atom. The number of carbonyl (C=O) groups is 1. The number of rotatable bonds is 4. The molecule has 1 aliphatic heterocycles. The molecule has 1 heterocycles. The normalized spacial score (nSPS) is 15.7. The first-order valence-electron chi connectivity index (χ1n) is 8.52. The number of nitrogens with zero attached hydrogens (tertiary/aromatic N) is 2. The van der Waals surface area contributed by atoms with E-state index < -0.39 is 10.0 Å². The average Bonchev–Trinajstić information content (AvgIpc) is 2.62. The van der Waals surface area contributed by atoms with Crippen molar-refractivity contribution in [1.82, 2.24) is 4.31 Å². The van der Waals surface area contributed by atoms with Gasteiger partial charge in [0.05, 0.1) is 17.6 Å². The van der Waals surface area contributed by atoms with Crippen molar-refractivity contribution in [3.05, 3.63) is 59.7 Å². The predicted octanol–water partition coefficient (Wildman–Crippen LogP) is 2.33. The van der Waals surface area contributed by atoms with Crippen LogP contribution in [0.2, 0.25) is 0 Å². The summed E-state index contributed by atoms with van der Waals surface area (Å²) in [5.41, 5.74) is 3.20. The summed E-state index contributed by atoms with van der Waals surface area (Å²) in [6, 6.07) is 15.1. The molecule has 3 rings (SSSR count). The Hall–Kier alpha value is -2.38. The standard InChI is InChI=1S/C19H23N3O3S/c1-15-7-3-4-8-16(15)19(23)20-17-9-5-6-10-18(17)21-11-13-22(14-12-21)26(2,24)25/h3-10H,11-14H2,1-2H3,(H,20,23). The van der Waals surface area contributed by atoms with Gasteiger partial charge in [0.2, 0.25) is 10.0 Å². The number of carbonyl (C=O) groups excluding carboxylic acids is 1. The first-order chi connectivity index (χ1) is 12.4. The van der Waals surface area contributed by atoms with Crippen LogP contribution in [0.15, 0.2) is 48.5 Å². The molecule has 1 N–H and O–H groups in total. The number of hydrogen-bond donors (Lipinski definition) is 1. The van der Waals surface area contributed by atoms with Gasteiger partial charge in [0, 0.05) is 31.7 Å². The Labute approximate surface area is 154 Å². The first kappa shape index (κ1) is 18.4. The molecule has 1 amide bonds. The molecule has 0 unspecified atom stereocenters. The zero-order chi connectivity index (χ0) is 18.7. The van der Waals surface area contributed by atoms with E-state index in [0.29, 0.717) is 31.7 Å². The van der Waals surface area contributed by atoms with E-state index in [9.17, 15) is 13.2 Å². The number of hydrogen-bond acceptors (Lipinski definition) is 4. The van der Waals surface area contributed by atoms with Crippen LogP contribution in [-0.2, 0) is 10.0 Å². The van der Waals surface area contributed by atoms with Crippen LogP contribution in [0, 0.1) is 6.92 Å². The quantitative estimate of drug-likeness (QED) is 0.893. The number of para-hydroxylation sites is 2. The summed E-state index contributed by atoms with van der Waals surface area (Å²) in [5.74, 6) is -0.148. The SMILES string of the molecule is Cc1ccccc1C(=O)Nc1ccccc1N1CCN(S(C)(=O)=O)CC1. The average molecular weight is 373 g/mol. The Kier molecular flexibility index (Phi) is 5.29. The van der Waals surface area contributed by atoms with Gasteiger partial charge in [0.25, 0.3) is 5.91 Å². The van der Waals surface area contributed by atoms with Gasteiger partial charge in [-0.3, -0.25) is 4.79 Å². The van der Waals surface area contributed by atoms with Gasteiger partial charge < -0.3 is 10.2 Å². The highest BCUT2D eigenvalue weighted by Gasteiger charge is 2.24. The largest absolute Gasteiger partial charge is 0.367 e. The van der Waals surface area contributed by atoms with Crippen molar-refractivity contribution in [3.8, 4) is 0 Å². The summed E-state index contributed by atoms with van der Waals surface area (Å²) in [7, 11) is -3.16. The maximum absolute atomic E-state index is 12.6. The highest BCUT2D eigenvalue weighted by Crippen LogP contribution is 2.27. The number of anilines is 2. The molecule has 26 heavy (non-hydrogen) atoms. The van der Waals surface area contributed by atoms with E-state index >= 15 is 0 Å². The molecule has 0 aliphatic carbocycles. The van der Waals surface area contributed by atoms with Crippen LogP contribution in [0.3, 0.4) is 0 Å². The molecular weight excluding hydrogens is 350 g/mol. The molecule has 138 valence electrons. The lowest BCUT2D eigenvalue weighted by molar-refractivity contribution is 0.102. The van der Waals surface area contributed by atoms with E-state index in [1.807, 2.05) is 49.4 Å². The minimum Gasteiger partial charge on any atom is -0.367 e. The van der Waals surface area contributed by atoms with Gasteiger partial charge >= 0.3 is 0 Å². The Balaban J connectivity index is 1.77. The Bertz CT molecular complexity index is 904. The third-order valence-electron chi connectivity index (χ3n) is 4.59. The van der Waals surface area contributed by atoms with Crippen molar-refractivity contribution in [2.24, 2.45) is 0 Å². The minimum absolute atomic E-state index is 0.148. The second-order valence-electron chi connectivity index (χ2n) is 6.44. The molecule has 7 heteroatoms. The molecule has 6 nitrogen and oxygen atoms in total. The van der Waals surface area contributed by atoms with Gasteiger partial charge in [-0.25, -0.2) is 8.42 Å². The number of amides is 1. The monoisotopic (exact) mass is 373 g/mol. The molecule has 0 bridgehead atoms. The molecule has 1 saturated heterocycles. The molecule has 1 fully saturated rings. The van der Waals surface area contributed by atoms with E-state index in [-0.39, 0.29) is 5.91 Å². The van der Waals surface area contributed by atoms with E-state index in [1.165, 1.54) is 10.6 Å². The highest BCUT2D eigenvalue weighted by molar-refractivity contribution is 7.88. The predicted molar refractivity (Wildman–Crippen MR) is 104 cm³/mol. The first-order valence-corrected chi connectivity index (χ1v) is 10.4. The number of aryl methyl sites for hydroxylation is 1. The third kappa shape index (κ3) is 4.05. The lowest BCUT2D eigenvalue weighted by atomic mass is 10.1. The molecule has 0 spiro atoms. The highest BCUT2D eigenvalue weighted by atomic mass is 32.2. The van der Waals surface area contributed by atoms with Gasteiger partial charge in [-0.15, -0.1) is 0 Å². The molecule has 1 aliphatic rings. The van der Waals surface area contributed by atoms with Crippen LogP contribution in [0.4, 0.5) is 11.4 Å². The molecule has 0 atom stereocenters. The summed E-state index contributed by atoms with van der Waals surface area (Å²) in [6.45, 7) is 3.97. The minimum atomic E-state index is -3.16. The lowest BCUT2D eigenvalue weighted by Gasteiger charge is -2.35. The second-order valence-corrected chi connectivity index (χ2v) is 8.42. The summed E-state index contributed by atoms with van der Waals surface area (Å²) < 4.78 is 24.8. The molecule has 0 radical (unpaired) electrons. The molecule has 2 aromatic rings. The number of nitrogens with one attached hydrogen (secondary N) is 1.